The number of hydrogen-bond donors (Lipinski definition) is 2. The van der Waals surface area contributed by atoms with Gasteiger partial charge >= 0.3 is 0 Å². The number of fused-ring (bicyclic) bond motifs is 1. The molecule has 1 unspecified atom stereocenters. The molecule has 0 saturated heterocycles. The van der Waals surface area contributed by atoms with E-state index in [1.54, 1.807) is 25.3 Å². The van der Waals surface area contributed by atoms with Crippen LogP contribution < -0.4 is 15.4 Å². The maximum absolute atomic E-state index is 12.3. The smallest absolute Gasteiger partial charge is 0.247 e. The summed E-state index contributed by atoms with van der Waals surface area (Å²) in [5.74, 6) is 0.508. The standard InChI is InChI=1S/C16H15ClN2O2/c1-21-15-7-6-11(9-12(15)17)18-16(20)14-8-10-4-2-3-5-13(10)19-14/h2-7,9,14,19H,8H2,1H3,(H,18,20). The molecule has 2 aromatic carbocycles. The number of ether oxygens (including phenoxy) is 1. The van der Waals surface area contributed by atoms with Crippen molar-refractivity contribution >= 4 is 28.9 Å². The third-order valence-corrected chi connectivity index (χ3v) is 3.80. The van der Waals surface area contributed by atoms with Crippen molar-refractivity contribution in [2.75, 3.05) is 17.7 Å². The summed E-state index contributed by atoms with van der Waals surface area (Å²) in [5.41, 5.74) is 2.83. The number of methoxy groups -OCH3 is 1. The lowest BCUT2D eigenvalue weighted by atomic mass is 10.1. The number of carbonyl (C=O) groups is 1. The molecule has 21 heavy (non-hydrogen) atoms. The maximum Gasteiger partial charge on any atom is 0.247 e. The maximum atomic E-state index is 12.3. The number of nitrogens with one attached hydrogen (secondary N) is 2. The van der Waals surface area contributed by atoms with Crippen molar-refractivity contribution in [2.24, 2.45) is 0 Å². The zero-order valence-corrected chi connectivity index (χ0v) is 12.3. The number of carbonyl (C=O) groups excluding carboxylic acids is 1. The lowest BCUT2D eigenvalue weighted by Crippen LogP contribution is -2.32. The molecule has 0 radical (unpaired) electrons. The number of halogens is 1. The molecule has 1 amide bonds. The van der Waals surface area contributed by atoms with Crippen LogP contribution in [0.3, 0.4) is 0 Å². The summed E-state index contributed by atoms with van der Waals surface area (Å²) in [6.07, 6.45) is 0.686. The fourth-order valence-electron chi connectivity index (χ4n) is 2.43. The molecule has 1 aliphatic heterocycles. The lowest BCUT2D eigenvalue weighted by Gasteiger charge is -2.13. The average Bonchev–Trinajstić information content (AvgIpc) is 2.91. The third-order valence-electron chi connectivity index (χ3n) is 3.51. The Morgan fingerprint density at radius 1 is 1.33 bits per heavy atom. The molecule has 0 aliphatic carbocycles. The Morgan fingerprint density at radius 2 is 2.14 bits per heavy atom. The van der Waals surface area contributed by atoms with E-state index < -0.39 is 0 Å². The van der Waals surface area contributed by atoms with Crippen LogP contribution in [0.5, 0.6) is 5.75 Å². The van der Waals surface area contributed by atoms with Crippen LogP contribution in [0.25, 0.3) is 0 Å². The first kappa shape index (κ1) is 13.8. The van der Waals surface area contributed by atoms with Crippen molar-refractivity contribution in [3.63, 3.8) is 0 Å². The van der Waals surface area contributed by atoms with Gasteiger partial charge in [0, 0.05) is 17.8 Å². The van der Waals surface area contributed by atoms with Crippen molar-refractivity contribution < 1.29 is 9.53 Å². The molecule has 108 valence electrons. The predicted molar refractivity (Wildman–Crippen MR) is 84.2 cm³/mol. The zero-order valence-electron chi connectivity index (χ0n) is 11.5. The Balaban J connectivity index is 1.69. The normalized spacial score (nSPS) is 16.0. The number of para-hydroxylation sites is 1. The van der Waals surface area contributed by atoms with Gasteiger partial charge < -0.3 is 15.4 Å². The predicted octanol–water partition coefficient (Wildman–Crippen LogP) is 3.32. The molecule has 4 nitrogen and oxygen atoms in total. The van der Waals surface area contributed by atoms with Crippen LogP contribution in [0, 0.1) is 0 Å². The van der Waals surface area contributed by atoms with Gasteiger partial charge in [-0.15, -0.1) is 0 Å². The van der Waals surface area contributed by atoms with Gasteiger partial charge in [0.15, 0.2) is 0 Å². The van der Waals surface area contributed by atoms with Crippen LogP contribution in [-0.2, 0) is 11.2 Å². The van der Waals surface area contributed by atoms with E-state index in [1.165, 1.54) is 0 Å². The van der Waals surface area contributed by atoms with E-state index in [1.807, 2.05) is 24.3 Å². The summed E-state index contributed by atoms with van der Waals surface area (Å²) in [7, 11) is 1.55. The van der Waals surface area contributed by atoms with Crippen LogP contribution in [0.2, 0.25) is 5.02 Å². The van der Waals surface area contributed by atoms with Gasteiger partial charge in [-0.3, -0.25) is 4.79 Å². The van der Waals surface area contributed by atoms with Gasteiger partial charge in [0.2, 0.25) is 5.91 Å². The van der Waals surface area contributed by atoms with Crippen molar-refractivity contribution in [1.82, 2.24) is 0 Å². The summed E-state index contributed by atoms with van der Waals surface area (Å²) in [4.78, 5) is 12.3. The summed E-state index contributed by atoms with van der Waals surface area (Å²) in [6, 6.07) is 12.9. The van der Waals surface area contributed by atoms with E-state index in [2.05, 4.69) is 10.6 Å². The molecule has 0 fully saturated rings. The minimum absolute atomic E-state index is 0.0765. The number of amides is 1. The molecule has 1 atom stereocenters. The molecule has 1 heterocycles. The summed E-state index contributed by atoms with van der Waals surface area (Å²) in [5, 5.41) is 6.56. The van der Waals surface area contributed by atoms with Crippen LogP contribution in [0.1, 0.15) is 5.56 Å². The summed E-state index contributed by atoms with van der Waals surface area (Å²) < 4.78 is 5.09. The fraction of sp³-hybridized carbons (Fsp3) is 0.188. The van der Waals surface area contributed by atoms with Crippen molar-refractivity contribution in [1.29, 1.82) is 0 Å². The van der Waals surface area contributed by atoms with Gasteiger partial charge in [0.05, 0.1) is 12.1 Å². The van der Waals surface area contributed by atoms with Crippen LogP contribution >= 0.6 is 11.6 Å². The topological polar surface area (TPSA) is 50.4 Å². The highest BCUT2D eigenvalue weighted by Gasteiger charge is 2.26. The second kappa shape index (κ2) is 5.66. The molecule has 0 bridgehead atoms. The van der Waals surface area contributed by atoms with Crippen molar-refractivity contribution in [2.45, 2.75) is 12.5 Å². The van der Waals surface area contributed by atoms with Gasteiger partial charge in [-0.05, 0) is 29.8 Å². The van der Waals surface area contributed by atoms with Crippen LogP contribution in [0.4, 0.5) is 11.4 Å². The molecular formula is C16H15ClN2O2. The highest BCUT2D eigenvalue weighted by molar-refractivity contribution is 6.32. The van der Waals surface area contributed by atoms with E-state index >= 15 is 0 Å². The van der Waals surface area contributed by atoms with Crippen molar-refractivity contribution in [3.8, 4) is 5.75 Å². The van der Waals surface area contributed by atoms with Crippen LogP contribution in [0.15, 0.2) is 42.5 Å². The molecule has 2 aromatic rings. The lowest BCUT2D eigenvalue weighted by molar-refractivity contribution is -0.116. The molecule has 0 saturated carbocycles. The molecule has 5 heteroatoms. The second-order valence-electron chi connectivity index (χ2n) is 4.90. The second-order valence-corrected chi connectivity index (χ2v) is 5.30. The quantitative estimate of drug-likeness (QED) is 0.914. The van der Waals surface area contributed by atoms with E-state index in [0.717, 1.165) is 11.3 Å². The zero-order chi connectivity index (χ0) is 14.8. The fourth-order valence-corrected chi connectivity index (χ4v) is 2.69. The Hall–Kier alpha value is -2.20. The molecule has 0 aromatic heterocycles. The highest BCUT2D eigenvalue weighted by atomic mass is 35.5. The third kappa shape index (κ3) is 2.81. The first-order valence-electron chi connectivity index (χ1n) is 6.66. The molecular weight excluding hydrogens is 288 g/mol. The van der Waals surface area contributed by atoms with Gasteiger partial charge in [-0.1, -0.05) is 29.8 Å². The van der Waals surface area contributed by atoms with Gasteiger partial charge in [0.1, 0.15) is 11.8 Å². The SMILES string of the molecule is COc1ccc(NC(=O)C2Cc3ccccc3N2)cc1Cl. The molecule has 1 aliphatic rings. The van der Waals surface area contributed by atoms with Gasteiger partial charge in [-0.25, -0.2) is 0 Å². The van der Waals surface area contributed by atoms with E-state index in [4.69, 9.17) is 16.3 Å². The largest absolute Gasteiger partial charge is 0.495 e. The van der Waals surface area contributed by atoms with Gasteiger partial charge in [0.25, 0.3) is 0 Å². The minimum Gasteiger partial charge on any atom is -0.495 e. The first-order chi connectivity index (χ1) is 10.2. The number of rotatable bonds is 3. The average molecular weight is 303 g/mol. The Labute approximate surface area is 128 Å². The summed E-state index contributed by atoms with van der Waals surface area (Å²) in [6.45, 7) is 0. The molecule has 2 N–H and O–H groups in total. The van der Waals surface area contributed by atoms with Gasteiger partial charge in [-0.2, -0.15) is 0 Å². The molecule has 0 spiro atoms. The Morgan fingerprint density at radius 3 is 2.86 bits per heavy atom. The number of anilines is 2. The van der Waals surface area contributed by atoms with E-state index in [-0.39, 0.29) is 11.9 Å². The summed E-state index contributed by atoms with van der Waals surface area (Å²) >= 11 is 6.05. The minimum atomic E-state index is -0.261. The number of hydrogen-bond acceptors (Lipinski definition) is 3. The highest BCUT2D eigenvalue weighted by Crippen LogP contribution is 2.29. The van der Waals surface area contributed by atoms with E-state index in [9.17, 15) is 4.79 Å². The number of benzene rings is 2. The Kier molecular flexibility index (Phi) is 3.71. The van der Waals surface area contributed by atoms with E-state index in [0.29, 0.717) is 22.9 Å². The monoisotopic (exact) mass is 302 g/mol. The molecule has 3 rings (SSSR count). The Bertz CT molecular complexity index is 663. The van der Waals surface area contributed by atoms with Crippen molar-refractivity contribution in [3.05, 3.63) is 53.1 Å². The van der Waals surface area contributed by atoms with Crippen LogP contribution in [-0.4, -0.2) is 19.1 Å². The first-order valence-corrected chi connectivity index (χ1v) is 7.04.